The molecule has 2 aliphatic heterocycles. The Morgan fingerprint density at radius 2 is 2.17 bits per heavy atom. The van der Waals surface area contributed by atoms with Crippen LogP contribution in [0.2, 0.25) is 0 Å². The van der Waals surface area contributed by atoms with Gasteiger partial charge in [0.15, 0.2) is 5.78 Å². The minimum Gasteiger partial charge on any atom is -0.336 e. The zero-order valence-corrected chi connectivity index (χ0v) is 6.82. The molecule has 0 aromatic carbocycles. The summed E-state index contributed by atoms with van der Waals surface area (Å²) in [4.78, 5) is 24.2. The topological polar surface area (TPSA) is 37.4 Å². The average Bonchev–Trinajstić information content (AvgIpc) is 2.44. The molecule has 0 N–H and O–H groups in total. The number of nitrogens with zero attached hydrogens (tertiary/aromatic N) is 1. The maximum Gasteiger partial charge on any atom is 0.246 e. The Labute approximate surface area is 71.0 Å². The molecule has 0 saturated carbocycles. The molecule has 0 spiro atoms. The molecule has 0 radical (unpaired) electrons. The van der Waals surface area contributed by atoms with Gasteiger partial charge in [0.2, 0.25) is 5.91 Å². The Kier molecular flexibility index (Phi) is 1.71. The number of ketones is 1. The van der Waals surface area contributed by atoms with Crippen LogP contribution in [-0.4, -0.2) is 29.2 Å². The molecular weight excluding hydrogens is 154 g/mol. The third-order valence-corrected chi connectivity index (χ3v) is 2.51. The van der Waals surface area contributed by atoms with Gasteiger partial charge in [0.25, 0.3) is 0 Å². The lowest BCUT2D eigenvalue weighted by atomic mass is 10.1. The Bertz CT molecular complexity index is 257. The van der Waals surface area contributed by atoms with Gasteiger partial charge in [-0.15, -0.1) is 0 Å². The average molecular weight is 165 g/mol. The van der Waals surface area contributed by atoms with Crippen molar-refractivity contribution < 1.29 is 9.59 Å². The maximum atomic E-state index is 11.3. The van der Waals surface area contributed by atoms with Gasteiger partial charge in [-0.25, -0.2) is 0 Å². The van der Waals surface area contributed by atoms with Crippen molar-refractivity contribution in [2.24, 2.45) is 0 Å². The van der Waals surface area contributed by atoms with E-state index in [2.05, 4.69) is 0 Å². The normalized spacial score (nSPS) is 29.0. The van der Waals surface area contributed by atoms with E-state index in [-0.39, 0.29) is 17.7 Å². The molecule has 0 bridgehead atoms. The SMILES string of the molecule is O=C1C=CC(=O)N2CCCC2C1. The van der Waals surface area contributed by atoms with Crippen molar-refractivity contribution >= 4 is 11.7 Å². The molecule has 0 aliphatic carbocycles. The van der Waals surface area contributed by atoms with E-state index in [1.807, 2.05) is 0 Å². The van der Waals surface area contributed by atoms with Crippen molar-refractivity contribution in [3.05, 3.63) is 12.2 Å². The van der Waals surface area contributed by atoms with E-state index in [9.17, 15) is 9.59 Å². The van der Waals surface area contributed by atoms with Gasteiger partial charge in [-0.1, -0.05) is 0 Å². The number of rotatable bonds is 0. The fourth-order valence-corrected chi connectivity index (χ4v) is 1.90. The summed E-state index contributed by atoms with van der Waals surface area (Å²) >= 11 is 0. The predicted molar refractivity (Wildman–Crippen MR) is 43.5 cm³/mol. The first-order chi connectivity index (χ1) is 5.77. The molecular formula is C9H11NO2. The molecule has 12 heavy (non-hydrogen) atoms. The predicted octanol–water partition coefficient (Wildman–Crippen LogP) is 0.506. The highest BCUT2D eigenvalue weighted by Gasteiger charge is 2.30. The minimum atomic E-state index is 0.00310. The van der Waals surface area contributed by atoms with Crippen LogP contribution < -0.4 is 0 Å². The standard InChI is InChI=1S/C9H11NO2/c11-8-3-4-9(12)10-5-1-2-7(10)6-8/h3-4,7H,1-2,5-6H2. The number of carbonyl (C=O) groups is 2. The van der Waals surface area contributed by atoms with E-state index in [4.69, 9.17) is 0 Å². The Morgan fingerprint density at radius 3 is 3.00 bits per heavy atom. The molecule has 2 heterocycles. The summed E-state index contributed by atoms with van der Waals surface area (Å²) in [5.74, 6) is 0.0844. The first kappa shape index (κ1) is 7.53. The molecule has 0 aromatic rings. The number of allylic oxidation sites excluding steroid dienone is 1. The van der Waals surface area contributed by atoms with Crippen molar-refractivity contribution in [1.82, 2.24) is 4.90 Å². The third-order valence-electron chi connectivity index (χ3n) is 2.51. The van der Waals surface area contributed by atoms with Crippen LogP contribution in [-0.2, 0) is 9.59 Å². The molecule has 1 amide bonds. The second-order valence-corrected chi connectivity index (χ2v) is 3.33. The second-order valence-electron chi connectivity index (χ2n) is 3.33. The van der Waals surface area contributed by atoms with Crippen LogP contribution in [0.25, 0.3) is 0 Å². The van der Waals surface area contributed by atoms with E-state index >= 15 is 0 Å². The van der Waals surface area contributed by atoms with E-state index in [1.165, 1.54) is 12.2 Å². The van der Waals surface area contributed by atoms with Crippen LogP contribution in [0.5, 0.6) is 0 Å². The zero-order chi connectivity index (χ0) is 8.55. The van der Waals surface area contributed by atoms with Gasteiger partial charge < -0.3 is 4.90 Å². The largest absolute Gasteiger partial charge is 0.336 e. The van der Waals surface area contributed by atoms with Crippen LogP contribution >= 0.6 is 0 Å². The molecule has 2 aliphatic rings. The molecule has 3 heteroatoms. The van der Waals surface area contributed by atoms with Crippen molar-refractivity contribution in [3.8, 4) is 0 Å². The monoisotopic (exact) mass is 165 g/mol. The van der Waals surface area contributed by atoms with Gasteiger partial charge in [0, 0.05) is 25.1 Å². The van der Waals surface area contributed by atoms with E-state index in [0.717, 1.165) is 19.4 Å². The fraction of sp³-hybridized carbons (Fsp3) is 0.556. The smallest absolute Gasteiger partial charge is 0.246 e. The van der Waals surface area contributed by atoms with Crippen LogP contribution in [0, 0.1) is 0 Å². The lowest BCUT2D eigenvalue weighted by Gasteiger charge is -2.20. The first-order valence-electron chi connectivity index (χ1n) is 4.29. The summed E-state index contributed by atoms with van der Waals surface area (Å²) in [6, 6.07) is 0.181. The summed E-state index contributed by atoms with van der Waals surface area (Å²) in [7, 11) is 0. The number of carbonyl (C=O) groups excluding carboxylic acids is 2. The number of hydrogen-bond acceptors (Lipinski definition) is 2. The highest BCUT2D eigenvalue weighted by molar-refractivity contribution is 6.00. The molecule has 2 rings (SSSR count). The number of hydrogen-bond donors (Lipinski definition) is 0. The summed E-state index contributed by atoms with van der Waals surface area (Å²) in [5.41, 5.74) is 0. The zero-order valence-electron chi connectivity index (χ0n) is 6.82. The summed E-state index contributed by atoms with van der Waals surface area (Å²) in [6.07, 6.45) is 5.34. The van der Waals surface area contributed by atoms with Gasteiger partial charge in [-0.3, -0.25) is 9.59 Å². The van der Waals surface area contributed by atoms with Gasteiger partial charge in [0.05, 0.1) is 0 Å². The van der Waals surface area contributed by atoms with Crippen molar-refractivity contribution in [1.29, 1.82) is 0 Å². The Hall–Kier alpha value is -1.12. The van der Waals surface area contributed by atoms with Crippen molar-refractivity contribution in [2.75, 3.05) is 6.54 Å². The summed E-state index contributed by atoms with van der Waals surface area (Å²) in [5, 5.41) is 0. The first-order valence-corrected chi connectivity index (χ1v) is 4.29. The molecule has 1 fully saturated rings. The lowest BCUT2D eigenvalue weighted by Crippen LogP contribution is -2.33. The van der Waals surface area contributed by atoms with E-state index in [1.54, 1.807) is 4.90 Å². The van der Waals surface area contributed by atoms with Gasteiger partial charge >= 0.3 is 0 Å². The Balaban J connectivity index is 2.24. The van der Waals surface area contributed by atoms with E-state index in [0.29, 0.717) is 6.42 Å². The minimum absolute atomic E-state index is 0.00310. The quantitative estimate of drug-likeness (QED) is 0.524. The second kappa shape index (κ2) is 2.73. The van der Waals surface area contributed by atoms with Crippen LogP contribution in [0.15, 0.2) is 12.2 Å². The van der Waals surface area contributed by atoms with Crippen molar-refractivity contribution in [3.63, 3.8) is 0 Å². The van der Waals surface area contributed by atoms with Crippen molar-refractivity contribution in [2.45, 2.75) is 25.3 Å². The fourth-order valence-electron chi connectivity index (χ4n) is 1.90. The molecule has 3 nitrogen and oxygen atoms in total. The van der Waals surface area contributed by atoms with Gasteiger partial charge in [-0.05, 0) is 18.9 Å². The number of amides is 1. The van der Waals surface area contributed by atoms with Crippen LogP contribution in [0.4, 0.5) is 0 Å². The van der Waals surface area contributed by atoms with E-state index < -0.39 is 0 Å². The van der Waals surface area contributed by atoms with Crippen LogP contribution in [0.3, 0.4) is 0 Å². The summed E-state index contributed by atoms with van der Waals surface area (Å²) < 4.78 is 0. The molecule has 0 aromatic heterocycles. The molecule has 1 saturated heterocycles. The van der Waals surface area contributed by atoms with Gasteiger partial charge in [-0.2, -0.15) is 0 Å². The Morgan fingerprint density at radius 1 is 1.33 bits per heavy atom. The molecule has 64 valence electrons. The maximum absolute atomic E-state index is 11.3. The number of fused-ring (bicyclic) bond motifs is 1. The summed E-state index contributed by atoms with van der Waals surface area (Å²) in [6.45, 7) is 0.821. The van der Waals surface area contributed by atoms with Crippen LogP contribution in [0.1, 0.15) is 19.3 Å². The lowest BCUT2D eigenvalue weighted by molar-refractivity contribution is -0.126. The highest BCUT2D eigenvalue weighted by Crippen LogP contribution is 2.22. The van der Waals surface area contributed by atoms with Gasteiger partial charge in [0.1, 0.15) is 0 Å². The molecule has 1 unspecified atom stereocenters. The highest BCUT2D eigenvalue weighted by atomic mass is 16.2. The third kappa shape index (κ3) is 1.15. The molecule has 1 atom stereocenters.